The second kappa shape index (κ2) is 7.99. The van der Waals surface area contributed by atoms with Gasteiger partial charge in [-0.25, -0.2) is 0 Å². The first kappa shape index (κ1) is 17.2. The van der Waals surface area contributed by atoms with E-state index in [9.17, 15) is 4.79 Å². The number of hydrogen-bond acceptors (Lipinski definition) is 3. The van der Waals surface area contributed by atoms with Crippen LogP contribution in [-0.4, -0.2) is 23.1 Å². The monoisotopic (exact) mass is 353 g/mol. The Balaban J connectivity index is 1.65. The molecule has 128 valence electrons. The molecule has 3 rings (SSSR count). The standard InChI is InChI=1S/C20H20ClN3O/c21-19(23-13-15-7-3-1-4-8-15)17-11-12-24(20(25)18(17)22)14-16-9-5-2-6-10-16/h1-10,22-23H,11-14H2/b19-17-,22-18?. The molecule has 25 heavy (non-hydrogen) atoms. The van der Waals surface area contributed by atoms with Gasteiger partial charge >= 0.3 is 0 Å². The number of nitrogens with zero attached hydrogens (tertiary/aromatic N) is 1. The maximum atomic E-state index is 12.5. The van der Waals surface area contributed by atoms with Gasteiger partial charge in [0.1, 0.15) is 10.9 Å². The minimum atomic E-state index is -0.273. The summed E-state index contributed by atoms with van der Waals surface area (Å²) in [6.45, 7) is 1.65. The van der Waals surface area contributed by atoms with Crippen LogP contribution in [0, 0.1) is 5.41 Å². The van der Waals surface area contributed by atoms with E-state index < -0.39 is 0 Å². The summed E-state index contributed by atoms with van der Waals surface area (Å²) in [6, 6.07) is 19.7. The Bertz CT molecular complexity index is 787. The van der Waals surface area contributed by atoms with Gasteiger partial charge in [-0.2, -0.15) is 0 Å². The van der Waals surface area contributed by atoms with Gasteiger partial charge in [0, 0.05) is 25.2 Å². The number of halogens is 1. The number of rotatable bonds is 5. The zero-order valence-corrected chi connectivity index (χ0v) is 14.6. The van der Waals surface area contributed by atoms with E-state index in [1.54, 1.807) is 4.90 Å². The van der Waals surface area contributed by atoms with Crippen molar-refractivity contribution in [1.29, 1.82) is 5.41 Å². The molecule has 1 saturated heterocycles. The number of carbonyl (C=O) groups is 1. The zero-order valence-electron chi connectivity index (χ0n) is 13.8. The Morgan fingerprint density at radius 1 is 1.04 bits per heavy atom. The summed E-state index contributed by atoms with van der Waals surface area (Å²) in [5, 5.41) is 11.7. The molecule has 2 aromatic rings. The second-order valence-corrected chi connectivity index (χ2v) is 6.35. The maximum absolute atomic E-state index is 12.5. The van der Waals surface area contributed by atoms with Crippen molar-refractivity contribution in [3.8, 4) is 0 Å². The highest BCUT2D eigenvalue weighted by atomic mass is 35.5. The summed E-state index contributed by atoms with van der Waals surface area (Å²) in [5.74, 6) is -0.273. The SMILES string of the molecule is N=C1C(=O)N(Cc2ccccc2)CC/C1=C(\Cl)NCc1ccccc1. The van der Waals surface area contributed by atoms with Crippen LogP contribution in [0.1, 0.15) is 17.5 Å². The van der Waals surface area contributed by atoms with Gasteiger partial charge < -0.3 is 10.2 Å². The Hall–Kier alpha value is -2.59. The largest absolute Gasteiger partial charge is 0.371 e. The number of hydrogen-bond donors (Lipinski definition) is 2. The van der Waals surface area contributed by atoms with Crippen LogP contribution in [0.3, 0.4) is 0 Å². The van der Waals surface area contributed by atoms with Crippen LogP contribution in [0.5, 0.6) is 0 Å². The molecule has 0 aliphatic carbocycles. The molecule has 1 aliphatic heterocycles. The first-order chi connectivity index (χ1) is 12.1. The van der Waals surface area contributed by atoms with Gasteiger partial charge in [0.2, 0.25) is 0 Å². The lowest BCUT2D eigenvalue weighted by Crippen LogP contribution is -2.42. The normalized spacial score (nSPS) is 16.8. The number of likely N-dealkylation sites (tertiary alicyclic amines) is 1. The molecular weight excluding hydrogens is 334 g/mol. The third kappa shape index (κ3) is 4.28. The molecule has 2 aromatic carbocycles. The van der Waals surface area contributed by atoms with Gasteiger partial charge in [-0.15, -0.1) is 0 Å². The van der Waals surface area contributed by atoms with Gasteiger partial charge in [0.25, 0.3) is 5.91 Å². The predicted molar refractivity (Wildman–Crippen MR) is 100 cm³/mol. The highest BCUT2D eigenvalue weighted by molar-refractivity contribution is 6.47. The number of carbonyl (C=O) groups excluding carboxylic acids is 1. The lowest BCUT2D eigenvalue weighted by Gasteiger charge is -2.29. The Labute approximate surface area is 152 Å². The van der Waals surface area contributed by atoms with Crippen molar-refractivity contribution in [2.24, 2.45) is 0 Å². The fraction of sp³-hybridized carbons (Fsp3) is 0.200. The van der Waals surface area contributed by atoms with E-state index in [1.165, 1.54) is 0 Å². The Morgan fingerprint density at radius 2 is 1.64 bits per heavy atom. The first-order valence-corrected chi connectivity index (χ1v) is 8.61. The fourth-order valence-electron chi connectivity index (χ4n) is 2.82. The van der Waals surface area contributed by atoms with E-state index >= 15 is 0 Å². The summed E-state index contributed by atoms with van der Waals surface area (Å²) in [7, 11) is 0. The summed E-state index contributed by atoms with van der Waals surface area (Å²) in [4.78, 5) is 14.2. The second-order valence-electron chi connectivity index (χ2n) is 5.97. The van der Waals surface area contributed by atoms with Crippen LogP contribution in [0.15, 0.2) is 71.4 Å². The van der Waals surface area contributed by atoms with E-state index in [0.29, 0.717) is 36.8 Å². The van der Waals surface area contributed by atoms with Crippen LogP contribution in [-0.2, 0) is 17.9 Å². The summed E-state index contributed by atoms with van der Waals surface area (Å²) < 4.78 is 0. The fourth-order valence-corrected chi connectivity index (χ4v) is 3.07. The van der Waals surface area contributed by atoms with Crippen molar-refractivity contribution in [2.45, 2.75) is 19.5 Å². The van der Waals surface area contributed by atoms with Crippen molar-refractivity contribution in [1.82, 2.24) is 10.2 Å². The quantitative estimate of drug-likeness (QED) is 0.806. The lowest BCUT2D eigenvalue weighted by molar-refractivity contribution is -0.125. The van der Waals surface area contributed by atoms with Crippen molar-refractivity contribution in [3.05, 3.63) is 82.5 Å². The molecule has 4 nitrogen and oxygen atoms in total. The number of benzene rings is 2. The predicted octanol–water partition coefficient (Wildman–Crippen LogP) is 3.68. The van der Waals surface area contributed by atoms with Gasteiger partial charge in [0.15, 0.2) is 0 Å². The van der Waals surface area contributed by atoms with Crippen LogP contribution in [0.2, 0.25) is 0 Å². The zero-order chi connectivity index (χ0) is 17.6. The van der Waals surface area contributed by atoms with E-state index in [-0.39, 0.29) is 11.6 Å². The first-order valence-electron chi connectivity index (χ1n) is 8.23. The van der Waals surface area contributed by atoms with Crippen molar-refractivity contribution in [3.63, 3.8) is 0 Å². The van der Waals surface area contributed by atoms with Gasteiger partial charge in [-0.3, -0.25) is 10.2 Å². The lowest BCUT2D eigenvalue weighted by atomic mass is 10.0. The van der Waals surface area contributed by atoms with Gasteiger partial charge in [-0.05, 0) is 17.5 Å². The number of amides is 1. The minimum Gasteiger partial charge on any atom is -0.371 e. The van der Waals surface area contributed by atoms with Crippen molar-refractivity contribution in [2.75, 3.05) is 6.54 Å². The summed E-state index contributed by atoms with van der Waals surface area (Å²) >= 11 is 6.33. The van der Waals surface area contributed by atoms with Crippen molar-refractivity contribution >= 4 is 23.2 Å². The summed E-state index contributed by atoms with van der Waals surface area (Å²) in [5.41, 5.74) is 2.73. The highest BCUT2D eigenvalue weighted by Gasteiger charge is 2.29. The molecule has 0 saturated carbocycles. The van der Waals surface area contributed by atoms with Crippen LogP contribution < -0.4 is 5.32 Å². The molecule has 1 heterocycles. The molecule has 0 radical (unpaired) electrons. The third-order valence-electron chi connectivity index (χ3n) is 4.21. The number of nitrogens with one attached hydrogen (secondary N) is 2. The molecule has 1 amide bonds. The van der Waals surface area contributed by atoms with Crippen LogP contribution in [0.4, 0.5) is 0 Å². The molecule has 0 aromatic heterocycles. The van der Waals surface area contributed by atoms with Crippen molar-refractivity contribution < 1.29 is 4.79 Å². The minimum absolute atomic E-state index is 0.0206. The van der Waals surface area contributed by atoms with E-state index in [0.717, 1.165) is 11.1 Å². The Kier molecular flexibility index (Phi) is 5.51. The Morgan fingerprint density at radius 3 is 2.28 bits per heavy atom. The van der Waals surface area contributed by atoms with E-state index in [1.807, 2.05) is 60.7 Å². The molecular formula is C20H20ClN3O. The highest BCUT2D eigenvalue weighted by Crippen LogP contribution is 2.21. The molecule has 0 bridgehead atoms. The summed E-state index contributed by atoms with van der Waals surface area (Å²) in [6.07, 6.45) is 0.581. The van der Waals surface area contributed by atoms with Gasteiger partial charge in [-0.1, -0.05) is 72.3 Å². The average molecular weight is 354 g/mol. The maximum Gasteiger partial charge on any atom is 0.272 e. The average Bonchev–Trinajstić information content (AvgIpc) is 2.65. The van der Waals surface area contributed by atoms with E-state index in [4.69, 9.17) is 17.0 Å². The van der Waals surface area contributed by atoms with Gasteiger partial charge in [0.05, 0.1) is 0 Å². The molecule has 2 N–H and O–H groups in total. The smallest absolute Gasteiger partial charge is 0.272 e. The van der Waals surface area contributed by atoms with Crippen LogP contribution >= 0.6 is 11.6 Å². The molecule has 0 unspecified atom stereocenters. The molecule has 5 heteroatoms. The molecule has 1 aliphatic rings. The molecule has 1 fully saturated rings. The topological polar surface area (TPSA) is 56.2 Å². The molecule has 0 atom stereocenters. The third-order valence-corrected chi connectivity index (χ3v) is 4.57. The van der Waals surface area contributed by atoms with Crippen LogP contribution in [0.25, 0.3) is 0 Å². The molecule has 0 spiro atoms. The number of piperidine rings is 1. The van der Waals surface area contributed by atoms with E-state index in [2.05, 4.69) is 5.32 Å².